The fourth-order valence-electron chi connectivity index (χ4n) is 2.55. The van der Waals surface area contributed by atoms with Crippen molar-refractivity contribution in [3.63, 3.8) is 0 Å². The largest absolute Gasteiger partial charge is 0.496 e. The molecule has 0 radical (unpaired) electrons. The molecule has 1 heterocycles. The van der Waals surface area contributed by atoms with Crippen molar-refractivity contribution in [3.8, 4) is 5.75 Å². The van der Waals surface area contributed by atoms with Gasteiger partial charge in [-0.05, 0) is 37.0 Å². The SMILES string of the molecule is COc1ccc(S(=O)(=O)N2CCC[C@@H](C)C2)cc1C(N)=O. The van der Waals surface area contributed by atoms with E-state index in [4.69, 9.17) is 10.5 Å². The quantitative estimate of drug-likeness (QED) is 0.905. The van der Waals surface area contributed by atoms with Crippen molar-refractivity contribution >= 4 is 15.9 Å². The van der Waals surface area contributed by atoms with E-state index >= 15 is 0 Å². The van der Waals surface area contributed by atoms with E-state index in [0.717, 1.165) is 12.8 Å². The zero-order chi connectivity index (χ0) is 15.6. The van der Waals surface area contributed by atoms with Crippen molar-refractivity contribution in [1.29, 1.82) is 0 Å². The molecule has 1 aromatic rings. The fraction of sp³-hybridized carbons (Fsp3) is 0.500. The second-order valence-corrected chi connectivity index (χ2v) is 7.27. The number of hydrogen-bond acceptors (Lipinski definition) is 4. The van der Waals surface area contributed by atoms with Gasteiger partial charge in [-0.15, -0.1) is 0 Å². The number of methoxy groups -OCH3 is 1. The number of carbonyl (C=O) groups is 1. The molecule has 0 unspecified atom stereocenters. The first-order valence-electron chi connectivity index (χ1n) is 6.84. The lowest BCUT2D eigenvalue weighted by atomic mass is 10.0. The van der Waals surface area contributed by atoms with Gasteiger partial charge >= 0.3 is 0 Å². The molecule has 1 saturated heterocycles. The van der Waals surface area contributed by atoms with E-state index in [-0.39, 0.29) is 16.2 Å². The van der Waals surface area contributed by atoms with Gasteiger partial charge in [0.2, 0.25) is 10.0 Å². The summed E-state index contributed by atoms with van der Waals surface area (Å²) in [4.78, 5) is 11.5. The molecule has 7 heteroatoms. The third-order valence-electron chi connectivity index (χ3n) is 3.69. The average Bonchev–Trinajstić information content (AvgIpc) is 2.46. The van der Waals surface area contributed by atoms with Crippen LogP contribution < -0.4 is 10.5 Å². The van der Waals surface area contributed by atoms with Crippen molar-refractivity contribution in [2.75, 3.05) is 20.2 Å². The van der Waals surface area contributed by atoms with Gasteiger partial charge in [-0.25, -0.2) is 8.42 Å². The Bertz CT molecular complexity index is 642. The van der Waals surface area contributed by atoms with Crippen LogP contribution in [0.5, 0.6) is 5.75 Å². The van der Waals surface area contributed by atoms with Gasteiger partial charge in [0, 0.05) is 13.1 Å². The lowest BCUT2D eigenvalue weighted by Crippen LogP contribution is -2.39. The monoisotopic (exact) mass is 312 g/mol. The molecule has 1 aliphatic heterocycles. The standard InChI is InChI=1S/C14H20N2O4S/c1-10-4-3-7-16(9-10)21(18,19)11-5-6-13(20-2)12(8-11)14(15)17/h5-6,8,10H,3-4,7,9H2,1-2H3,(H2,15,17)/t10-/m1/s1. The normalized spacial score (nSPS) is 20.2. The molecule has 21 heavy (non-hydrogen) atoms. The number of ether oxygens (including phenoxy) is 1. The van der Waals surface area contributed by atoms with Crippen LogP contribution in [0, 0.1) is 5.92 Å². The lowest BCUT2D eigenvalue weighted by Gasteiger charge is -2.30. The molecule has 0 saturated carbocycles. The Kier molecular flexibility index (Phi) is 4.53. The first-order chi connectivity index (χ1) is 9.86. The average molecular weight is 312 g/mol. The lowest BCUT2D eigenvalue weighted by molar-refractivity contribution is 0.0997. The number of nitrogens with two attached hydrogens (primary N) is 1. The van der Waals surface area contributed by atoms with E-state index in [2.05, 4.69) is 0 Å². The van der Waals surface area contributed by atoms with Crippen LogP contribution in [0.3, 0.4) is 0 Å². The summed E-state index contributed by atoms with van der Waals surface area (Å²) in [5, 5.41) is 0. The maximum atomic E-state index is 12.6. The van der Waals surface area contributed by atoms with Gasteiger partial charge in [-0.3, -0.25) is 4.79 Å². The van der Waals surface area contributed by atoms with Crippen LogP contribution in [0.2, 0.25) is 0 Å². The van der Waals surface area contributed by atoms with Crippen molar-refractivity contribution in [2.24, 2.45) is 11.7 Å². The Morgan fingerprint density at radius 1 is 1.43 bits per heavy atom. The number of primary amides is 1. The molecule has 0 aliphatic carbocycles. The number of hydrogen-bond donors (Lipinski definition) is 1. The number of benzene rings is 1. The third kappa shape index (κ3) is 3.19. The summed E-state index contributed by atoms with van der Waals surface area (Å²) in [6.07, 6.45) is 1.88. The van der Waals surface area contributed by atoms with Crippen LogP contribution in [-0.2, 0) is 10.0 Å². The van der Waals surface area contributed by atoms with E-state index in [1.807, 2.05) is 6.92 Å². The minimum Gasteiger partial charge on any atom is -0.496 e. The Balaban J connectivity index is 2.40. The van der Waals surface area contributed by atoms with Crippen molar-refractivity contribution in [2.45, 2.75) is 24.7 Å². The highest BCUT2D eigenvalue weighted by Crippen LogP contribution is 2.27. The van der Waals surface area contributed by atoms with Gasteiger partial charge in [0.15, 0.2) is 0 Å². The maximum Gasteiger partial charge on any atom is 0.252 e. The fourth-order valence-corrected chi connectivity index (χ4v) is 4.18. The van der Waals surface area contributed by atoms with E-state index in [1.165, 1.54) is 29.6 Å². The molecule has 0 spiro atoms. The summed E-state index contributed by atoms with van der Waals surface area (Å²) in [6.45, 7) is 3.04. The number of sulfonamides is 1. The first kappa shape index (κ1) is 15.8. The summed E-state index contributed by atoms with van der Waals surface area (Å²) in [7, 11) is -2.20. The number of piperidine rings is 1. The minimum absolute atomic E-state index is 0.0728. The van der Waals surface area contributed by atoms with Crippen LogP contribution in [0.1, 0.15) is 30.1 Å². The molecule has 0 aromatic heterocycles. The Morgan fingerprint density at radius 3 is 2.71 bits per heavy atom. The number of carbonyl (C=O) groups excluding carboxylic acids is 1. The molecular formula is C14H20N2O4S. The summed E-state index contributed by atoms with van der Waals surface area (Å²) in [5.74, 6) is -0.105. The van der Waals surface area contributed by atoms with E-state index in [0.29, 0.717) is 19.0 Å². The van der Waals surface area contributed by atoms with Crippen LogP contribution >= 0.6 is 0 Å². The second kappa shape index (κ2) is 6.03. The Morgan fingerprint density at radius 2 is 2.14 bits per heavy atom. The molecular weight excluding hydrogens is 292 g/mol. The molecule has 1 aromatic carbocycles. The van der Waals surface area contributed by atoms with Crippen molar-refractivity contribution in [1.82, 2.24) is 4.31 Å². The molecule has 2 rings (SSSR count). The van der Waals surface area contributed by atoms with E-state index in [9.17, 15) is 13.2 Å². The van der Waals surface area contributed by atoms with Gasteiger partial charge in [-0.1, -0.05) is 6.92 Å². The number of nitrogens with zero attached hydrogens (tertiary/aromatic N) is 1. The highest BCUT2D eigenvalue weighted by atomic mass is 32.2. The maximum absolute atomic E-state index is 12.6. The zero-order valence-electron chi connectivity index (χ0n) is 12.2. The van der Waals surface area contributed by atoms with Crippen molar-refractivity contribution < 1.29 is 17.9 Å². The first-order valence-corrected chi connectivity index (χ1v) is 8.28. The molecule has 1 amide bonds. The minimum atomic E-state index is -3.61. The Labute approximate surface area is 124 Å². The molecule has 1 aliphatic rings. The predicted octanol–water partition coefficient (Wildman–Crippen LogP) is 1.21. The van der Waals surface area contributed by atoms with Gasteiger partial charge in [0.1, 0.15) is 5.75 Å². The summed E-state index contributed by atoms with van der Waals surface area (Å²) in [5.41, 5.74) is 5.35. The smallest absolute Gasteiger partial charge is 0.252 e. The molecule has 1 atom stereocenters. The van der Waals surface area contributed by atoms with Gasteiger partial charge < -0.3 is 10.5 Å². The van der Waals surface area contributed by atoms with Gasteiger partial charge in [-0.2, -0.15) is 4.31 Å². The van der Waals surface area contributed by atoms with Crippen LogP contribution in [0.15, 0.2) is 23.1 Å². The summed E-state index contributed by atoms with van der Waals surface area (Å²) >= 11 is 0. The highest BCUT2D eigenvalue weighted by molar-refractivity contribution is 7.89. The Hall–Kier alpha value is -1.60. The van der Waals surface area contributed by atoms with Gasteiger partial charge in [0.05, 0.1) is 17.6 Å². The summed E-state index contributed by atoms with van der Waals surface area (Å²) in [6, 6.07) is 4.19. The predicted molar refractivity (Wildman–Crippen MR) is 78.7 cm³/mol. The number of amides is 1. The molecule has 1 fully saturated rings. The van der Waals surface area contributed by atoms with Crippen molar-refractivity contribution in [3.05, 3.63) is 23.8 Å². The van der Waals surface area contributed by atoms with Crippen LogP contribution in [0.4, 0.5) is 0 Å². The molecule has 2 N–H and O–H groups in total. The topological polar surface area (TPSA) is 89.7 Å². The highest BCUT2D eigenvalue weighted by Gasteiger charge is 2.29. The van der Waals surface area contributed by atoms with Gasteiger partial charge in [0.25, 0.3) is 5.91 Å². The zero-order valence-corrected chi connectivity index (χ0v) is 13.0. The number of rotatable bonds is 4. The second-order valence-electron chi connectivity index (χ2n) is 5.34. The van der Waals surface area contributed by atoms with Crippen LogP contribution in [0.25, 0.3) is 0 Å². The molecule has 116 valence electrons. The molecule has 0 bridgehead atoms. The van der Waals surface area contributed by atoms with E-state index in [1.54, 1.807) is 0 Å². The molecule has 6 nitrogen and oxygen atoms in total. The summed E-state index contributed by atoms with van der Waals surface area (Å²) < 4.78 is 31.8. The van der Waals surface area contributed by atoms with Crippen LogP contribution in [-0.4, -0.2) is 38.8 Å². The van der Waals surface area contributed by atoms with E-state index < -0.39 is 15.9 Å². The third-order valence-corrected chi connectivity index (χ3v) is 5.56.